The SMILES string of the molecule is CC(C)(C)OC(=O)Cn1nnc2c(N3CCOCC3)nc(Cl)nc21. The molecule has 3 rings (SSSR count). The Morgan fingerprint density at radius 2 is 2.00 bits per heavy atom. The van der Waals surface area contributed by atoms with Gasteiger partial charge in [0.1, 0.15) is 12.1 Å². The van der Waals surface area contributed by atoms with Crippen molar-refractivity contribution in [3.05, 3.63) is 5.28 Å². The fourth-order valence-corrected chi connectivity index (χ4v) is 2.57. The number of rotatable bonds is 3. The highest BCUT2D eigenvalue weighted by molar-refractivity contribution is 6.28. The Labute approximate surface area is 143 Å². The zero-order valence-corrected chi connectivity index (χ0v) is 14.6. The van der Waals surface area contributed by atoms with E-state index in [2.05, 4.69) is 20.3 Å². The van der Waals surface area contributed by atoms with E-state index in [0.717, 1.165) is 0 Å². The lowest BCUT2D eigenvalue weighted by molar-refractivity contribution is -0.155. The molecule has 0 N–H and O–H groups in total. The minimum atomic E-state index is -0.570. The van der Waals surface area contributed by atoms with E-state index in [9.17, 15) is 4.79 Å². The van der Waals surface area contributed by atoms with Crippen LogP contribution in [-0.4, -0.2) is 62.8 Å². The molecule has 0 atom stereocenters. The molecule has 2 aromatic heterocycles. The van der Waals surface area contributed by atoms with Crippen molar-refractivity contribution < 1.29 is 14.3 Å². The van der Waals surface area contributed by atoms with Gasteiger partial charge in [0.2, 0.25) is 5.28 Å². The third-order valence-electron chi connectivity index (χ3n) is 3.33. The summed E-state index contributed by atoms with van der Waals surface area (Å²) in [5.41, 5.74) is 0.339. The van der Waals surface area contributed by atoms with Gasteiger partial charge in [-0.05, 0) is 32.4 Å². The van der Waals surface area contributed by atoms with Crippen LogP contribution in [0.15, 0.2) is 0 Å². The summed E-state index contributed by atoms with van der Waals surface area (Å²) in [4.78, 5) is 22.5. The third-order valence-corrected chi connectivity index (χ3v) is 3.50. The Kier molecular flexibility index (Phi) is 4.55. The Hall–Kier alpha value is -2.00. The van der Waals surface area contributed by atoms with E-state index in [-0.39, 0.29) is 11.8 Å². The van der Waals surface area contributed by atoms with Crippen LogP contribution in [0.4, 0.5) is 5.82 Å². The normalized spacial score (nSPS) is 15.8. The van der Waals surface area contributed by atoms with Crippen LogP contribution in [0.2, 0.25) is 5.28 Å². The number of esters is 1. The van der Waals surface area contributed by atoms with E-state index in [0.29, 0.717) is 43.3 Å². The molecule has 9 nitrogen and oxygen atoms in total. The molecule has 1 aliphatic heterocycles. The van der Waals surface area contributed by atoms with Gasteiger partial charge in [-0.1, -0.05) is 5.21 Å². The minimum absolute atomic E-state index is 0.0803. The van der Waals surface area contributed by atoms with Crippen LogP contribution >= 0.6 is 11.6 Å². The van der Waals surface area contributed by atoms with Crippen LogP contribution in [0.1, 0.15) is 20.8 Å². The van der Waals surface area contributed by atoms with Crippen LogP contribution in [0.3, 0.4) is 0 Å². The second-order valence-electron chi connectivity index (χ2n) is 6.42. The van der Waals surface area contributed by atoms with Crippen molar-refractivity contribution in [2.75, 3.05) is 31.2 Å². The summed E-state index contributed by atoms with van der Waals surface area (Å²) in [6.45, 7) is 7.90. The molecule has 0 bridgehead atoms. The lowest BCUT2D eigenvalue weighted by Gasteiger charge is -2.27. The number of hydrogen-bond acceptors (Lipinski definition) is 8. The lowest BCUT2D eigenvalue weighted by atomic mass is 10.2. The van der Waals surface area contributed by atoms with Crippen LogP contribution in [-0.2, 0) is 20.8 Å². The maximum absolute atomic E-state index is 12.0. The van der Waals surface area contributed by atoms with E-state index < -0.39 is 11.6 Å². The molecule has 10 heteroatoms. The molecular weight excluding hydrogens is 336 g/mol. The van der Waals surface area contributed by atoms with Crippen molar-refractivity contribution in [2.45, 2.75) is 32.9 Å². The van der Waals surface area contributed by atoms with E-state index in [4.69, 9.17) is 21.1 Å². The smallest absolute Gasteiger partial charge is 0.328 e. The summed E-state index contributed by atoms with van der Waals surface area (Å²) in [6.07, 6.45) is 0. The van der Waals surface area contributed by atoms with Crippen molar-refractivity contribution in [3.63, 3.8) is 0 Å². The van der Waals surface area contributed by atoms with Gasteiger partial charge < -0.3 is 14.4 Å². The van der Waals surface area contributed by atoms with E-state index in [1.807, 2.05) is 4.90 Å². The number of ether oxygens (including phenoxy) is 2. The van der Waals surface area contributed by atoms with Crippen molar-refractivity contribution in [1.82, 2.24) is 25.0 Å². The zero-order chi connectivity index (χ0) is 17.3. The monoisotopic (exact) mass is 354 g/mol. The first-order valence-corrected chi connectivity index (χ1v) is 8.02. The van der Waals surface area contributed by atoms with E-state index >= 15 is 0 Å². The molecule has 0 amide bonds. The van der Waals surface area contributed by atoms with Crippen LogP contribution in [0.25, 0.3) is 11.2 Å². The Morgan fingerprint density at radius 3 is 2.67 bits per heavy atom. The summed E-state index contributed by atoms with van der Waals surface area (Å²) in [5.74, 6) is 0.181. The predicted molar refractivity (Wildman–Crippen MR) is 87.0 cm³/mol. The Balaban J connectivity index is 1.91. The third kappa shape index (κ3) is 3.73. The zero-order valence-electron chi connectivity index (χ0n) is 13.8. The lowest BCUT2D eigenvalue weighted by Crippen LogP contribution is -2.37. The van der Waals surface area contributed by atoms with Gasteiger partial charge in [0, 0.05) is 13.1 Å². The molecule has 1 saturated heterocycles. The summed E-state index contributed by atoms with van der Waals surface area (Å²) in [5, 5.41) is 8.21. The quantitative estimate of drug-likeness (QED) is 0.596. The number of hydrogen-bond donors (Lipinski definition) is 0. The number of morpholine rings is 1. The first-order chi connectivity index (χ1) is 11.3. The van der Waals surface area contributed by atoms with Gasteiger partial charge in [-0.25, -0.2) is 4.68 Å². The summed E-state index contributed by atoms with van der Waals surface area (Å²) in [6, 6.07) is 0. The second-order valence-corrected chi connectivity index (χ2v) is 6.76. The fourth-order valence-electron chi connectivity index (χ4n) is 2.41. The molecule has 0 spiro atoms. The number of aromatic nitrogens is 5. The van der Waals surface area contributed by atoms with Gasteiger partial charge in [0.15, 0.2) is 17.0 Å². The standard InChI is InChI=1S/C14H19ClN6O3/c1-14(2,3)24-9(22)8-21-12-10(18-19-21)11(16-13(15)17-12)20-4-6-23-7-5-20/h4-8H2,1-3H3. The summed E-state index contributed by atoms with van der Waals surface area (Å²) >= 11 is 6.05. The first-order valence-electron chi connectivity index (χ1n) is 7.65. The second kappa shape index (κ2) is 6.48. The number of nitrogens with zero attached hydrogens (tertiary/aromatic N) is 6. The van der Waals surface area contributed by atoms with Gasteiger partial charge in [-0.2, -0.15) is 9.97 Å². The van der Waals surface area contributed by atoms with Crippen molar-refractivity contribution in [1.29, 1.82) is 0 Å². The number of fused-ring (bicyclic) bond motifs is 1. The molecule has 0 aromatic carbocycles. The highest BCUT2D eigenvalue weighted by atomic mass is 35.5. The minimum Gasteiger partial charge on any atom is -0.459 e. The van der Waals surface area contributed by atoms with Crippen LogP contribution in [0, 0.1) is 0 Å². The predicted octanol–water partition coefficient (Wildman–Crippen LogP) is 1.05. The molecule has 0 aliphatic carbocycles. The van der Waals surface area contributed by atoms with Gasteiger partial charge >= 0.3 is 5.97 Å². The molecule has 0 unspecified atom stereocenters. The van der Waals surface area contributed by atoms with Crippen molar-refractivity contribution in [2.24, 2.45) is 0 Å². The fraction of sp³-hybridized carbons (Fsp3) is 0.643. The van der Waals surface area contributed by atoms with Gasteiger partial charge in [0.05, 0.1) is 13.2 Å². The average Bonchev–Trinajstić information content (AvgIpc) is 2.88. The maximum atomic E-state index is 12.0. The van der Waals surface area contributed by atoms with Crippen LogP contribution in [0.5, 0.6) is 0 Å². The molecular formula is C14H19ClN6O3. The average molecular weight is 355 g/mol. The van der Waals surface area contributed by atoms with E-state index in [1.165, 1.54) is 4.68 Å². The largest absolute Gasteiger partial charge is 0.459 e. The molecule has 1 fully saturated rings. The summed E-state index contributed by atoms with van der Waals surface area (Å²) in [7, 11) is 0. The Bertz CT molecular complexity index is 751. The van der Waals surface area contributed by atoms with Crippen LogP contribution < -0.4 is 4.90 Å². The topological polar surface area (TPSA) is 95.3 Å². The van der Waals surface area contributed by atoms with Gasteiger partial charge in [0.25, 0.3) is 0 Å². The molecule has 130 valence electrons. The highest BCUT2D eigenvalue weighted by Gasteiger charge is 2.23. The highest BCUT2D eigenvalue weighted by Crippen LogP contribution is 2.24. The molecule has 1 aliphatic rings. The maximum Gasteiger partial charge on any atom is 0.328 e. The molecule has 3 heterocycles. The molecule has 0 saturated carbocycles. The van der Waals surface area contributed by atoms with Crippen molar-refractivity contribution in [3.8, 4) is 0 Å². The molecule has 2 aromatic rings. The van der Waals surface area contributed by atoms with Crippen molar-refractivity contribution >= 4 is 34.6 Å². The van der Waals surface area contributed by atoms with E-state index in [1.54, 1.807) is 20.8 Å². The number of carbonyl (C=O) groups is 1. The number of halogens is 1. The molecule has 24 heavy (non-hydrogen) atoms. The first kappa shape index (κ1) is 16.8. The van der Waals surface area contributed by atoms with Gasteiger partial charge in [-0.15, -0.1) is 5.10 Å². The number of carbonyl (C=O) groups excluding carboxylic acids is 1. The number of anilines is 1. The Morgan fingerprint density at radius 1 is 1.29 bits per heavy atom. The molecule has 0 radical (unpaired) electrons. The van der Waals surface area contributed by atoms with Gasteiger partial charge in [-0.3, -0.25) is 4.79 Å². The summed E-state index contributed by atoms with van der Waals surface area (Å²) < 4.78 is 12.0.